The molecule has 0 amide bonds. The summed E-state index contributed by atoms with van der Waals surface area (Å²) in [6, 6.07) is 5.83. The quantitative estimate of drug-likeness (QED) is 0.804. The van der Waals surface area contributed by atoms with Crippen molar-refractivity contribution in [2.75, 3.05) is 36.8 Å². The van der Waals surface area contributed by atoms with Crippen molar-refractivity contribution in [1.82, 2.24) is 4.90 Å². The van der Waals surface area contributed by atoms with Gasteiger partial charge in [0.15, 0.2) is 0 Å². The van der Waals surface area contributed by atoms with Gasteiger partial charge in [-0.2, -0.15) is 0 Å². The molecule has 0 bridgehead atoms. The van der Waals surface area contributed by atoms with Crippen molar-refractivity contribution in [3.63, 3.8) is 0 Å². The van der Waals surface area contributed by atoms with Gasteiger partial charge in [-0.15, -0.1) is 0 Å². The third-order valence-electron chi connectivity index (χ3n) is 4.12. The molecule has 0 aromatic heterocycles. The number of nitrogens with zero attached hydrogens (tertiary/aromatic N) is 2. The summed E-state index contributed by atoms with van der Waals surface area (Å²) in [5.74, 6) is -0.969. The molecule has 3 N–H and O–H groups in total. The molecule has 1 fully saturated rings. The van der Waals surface area contributed by atoms with Crippen LogP contribution in [0.15, 0.2) is 18.2 Å². The normalized spacial score (nSPS) is 18.8. The first kappa shape index (κ1) is 14.7. The summed E-state index contributed by atoms with van der Waals surface area (Å²) in [6.07, 6.45) is 1.12. The van der Waals surface area contributed by atoms with E-state index in [9.17, 15) is 4.79 Å². The van der Waals surface area contributed by atoms with Crippen LogP contribution in [0.5, 0.6) is 0 Å². The fraction of sp³-hybridized carbons (Fsp3) is 0.533. The Morgan fingerprint density at radius 3 is 2.75 bits per heavy atom. The lowest BCUT2D eigenvalue weighted by Gasteiger charge is -2.26. The average Bonchev–Trinajstić information content (AvgIpc) is 2.90. The summed E-state index contributed by atoms with van der Waals surface area (Å²) >= 11 is 0. The third kappa shape index (κ3) is 2.88. The predicted octanol–water partition coefficient (Wildman–Crippen LogP) is 1.89. The minimum Gasteiger partial charge on any atom is -0.478 e. The van der Waals surface area contributed by atoms with Gasteiger partial charge in [0.05, 0.1) is 5.56 Å². The van der Waals surface area contributed by atoms with Gasteiger partial charge in [0.2, 0.25) is 0 Å². The number of hydrogen-bond acceptors (Lipinski definition) is 4. The maximum absolute atomic E-state index is 11.1. The van der Waals surface area contributed by atoms with Crippen LogP contribution in [0.2, 0.25) is 0 Å². The van der Waals surface area contributed by atoms with Crippen LogP contribution in [0.4, 0.5) is 11.4 Å². The highest BCUT2D eigenvalue weighted by Gasteiger charge is 2.26. The number of nitrogens with two attached hydrogens (primary N) is 1. The van der Waals surface area contributed by atoms with Gasteiger partial charge in [-0.25, -0.2) is 4.79 Å². The Morgan fingerprint density at radius 2 is 2.15 bits per heavy atom. The SMILES string of the molecule is CCN(CC)C1CCN(c2ccc(N)c(C(=O)O)c2)C1. The molecule has 1 aromatic rings. The van der Waals surface area contributed by atoms with E-state index in [0.717, 1.165) is 38.3 Å². The molecule has 1 saturated heterocycles. The zero-order chi connectivity index (χ0) is 14.7. The van der Waals surface area contributed by atoms with Gasteiger partial charge in [-0.3, -0.25) is 4.90 Å². The highest BCUT2D eigenvalue weighted by Crippen LogP contribution is 2.26. The summed E-state index contributed by atoms with van der Waals surface area (Å²) in [7, 11) is 0. The van der Waals surface area contributed by atoms with Crippen LogP contribution < -0.4 is 10.6 Å². The number of rotatable bonds is 5. The van der Waals surface area contributed by atoms with Crippen LogP contribution in [-0.4, -0.2) is 48.2 Å². The molecule has 1 aliphatic heterocycles. The lowest BCUT2D eigenvalue weighted by atomic mass is 10.1. The zero-order valence-electron chi connectivity index (χ0n) is 12.2. The second kappa shape index (κ2) is 6.13. The van der Waals surface area contributed by atoms with Crippen molar-refractivity contribution in [3.8, 4) is 0 Å². The largest absolute Gasteiger partial charge is 0.478 e. The summed E-state index contributed by atoms with van der Waals surface area (Å²) in [5, 5.41) is 9.14. The number of hydrogen-bond donors (Lipinski definition) is 2. The van der Waals surface area contributed by atoms with Crippen LogP contribution in [0, 0.1) is 0 Å². The minimum absolute atomic E-state index is 0.189. The first-order chi connectivity index (χ1) is 9.56. The van der Waals surface area contributed by atoms with Crippen LogP contribution in [0.25, 0.3) is 0 Å². The van der Waals surface area contributed by atoms with Gasteiger partial charge in [0.1, 0.15) is 0 Å². The number of carbonyl (C=O) groups is 1. The van der Waals surface area contributed by atoms with Crippen molar-refractivity contribution in [3.05, 3.63) is 23.8 Å². The van der Waals surface area contributed by atoms with E-state index in [-0.39, 0.29) is 5.56 Å². The molecule has 0 radical (unpaired) electrons. The van der Waals surface area contributed by atoms with E-state index < -0.39 is 5.97 Å². The van der Waals surface area contributed by atoms with E-state index in [2.05, 4.69) is 23.6 Å². The van der Waals surface area contributed by atoms with Crippen LogP contribution >= 0.6 is 0 Å². The molecule has 1 aromatic carbocycles. The molecule has 110 valence electrons. The summed E-state index contributed by atoms with van der Waals surface area (Å²) in [4.78, 5) is 15.8. The summed E-state index contributed by atoms with van der Waals surface area (Å²) < 4.78 is 0. The Kier molecular flexibility index (Phi) is 4.49. The number of anilines is 2. The fourth-order valence-corrected chi connectivity index (χ4v) is 2.94. The average molecular weight is 277 g/mol. The molecule has 1 aliphatic rings. The Morgan fingerprint density at radius 1 is 1.45 bits per heavy atom. The van der Waals surface area contributed by atoms with Crippen LogP contribution in [-0.2, 0) is 0 Å². The van der Waals surface area contributed by atoms with Gasteiger partial charge in [-0.1, -0.05) is 13.8 Å². The molecule has 5 nitrogen and oxygen atoms in total. The fourth-order valence-electron chi connectivity index (χ4n) is 2.94. The van der Waals surface area contributed by atoms with Crippen molar-refractivity contribution in [2.45, 2.75) is 26.3 Å². The Balaban J connectivity index is 2.14. The van der Waals surface area contributed by atoms with Crippen LogP contribution in [0.3, 0.4) is 0 Å². The number of carboxylic acid groups (broad SMARTS) is 1. The summed E-state index contributed by atoms with van der Waals surface area (Å²) in [5.41, 5.74) is 7.16. The predicted molar refractivity (Wildman–Crippen MR) is 81.4 cm³/mol. The van der Waals surface area contributed by atoms with E-state index in [4.69, 9.17) is 10.8 Å². The second-order valence-electron chi connectivity index (χ2n) is 5.19. The van der Waals surface area contributed by atoms with Crippen molar-refractivity contribution >= 4 is 17.3 Å². The number of likely N-dealkylation sites (N-methyl/N-ethyl adjacent to an activating group) is 1. The maximum Gasteiger partial charge on any atom is 0.337 e. The molecule has 20 heavy (non-hydrogen) atoms. The number of aromatic carboxylic acids is 1. The number of benzene rings is 1. The molecule has 2 rings (SSSR count). The van der Waals surface area contributed by atoms with E-state index in [1.54, 1.807) is 12.1 Å². The van der Waals surface area contributed by atoms with E-state index in [1.165, 1.54) is 0 Å². The number of nitrogen functional groups attached to an aromatic ring is 1. The molecular formula is C15H23N3O2. The molecule has 1 heterocycles. The topological polar surface area (TPSA) is 69.8 Å². The Labute approximate surface area is 120 Å². The van der Waals surface area contributed by atoms with E-state index >= 15 is 0 Å². The van der Waals surface area contributed by atoms with E-state index in [0.29, 0.717) is 11.7 Å². The first-order valence-electron chi connectivity index (χ1n) is 7.18. The van der Waals surface area contributed by atoms with Gasteiger partial charge < -0.3 is 15.7 Å². The monoisotopic (exact) mass is 277 g/mol. The molecule has 0 aliphatic carbocycles. The molecule has 0 spiro atoms. The van der Waals surface area contributed by atoms with Crippen molar-refractivity contribution in [2.24, 2.45) is 0 Å². The smallest absolute Gasteiger partial charge is 0.337 e. The van der Waals surface area contributed by atoms with Gasteiger partial charge >= 0.3 is 5.97 Å². The lowest BCUT2D eigenvalue weighted by Crippen LogP contribution is -2.37. The van der Waals surface area contributed by atoms with Gasteiger partial charge in [-0.05, 0) is 37.7 Å². The first-order valence-corrected chi connectivity index (χ1v) is 7.18. The molecule has 1 atom stereocenters. The van der Waals surface area contributed by atoms with E-state index in [1.807, 2.05) is 6.07 Å². The molecule has 0 saturated carbocycles. The minimum atomic E-state index is -0.969. The Bertz CT molecular complexity index is 486. The zero-order valence-corrected chi connectivity index (χ0v) is 12.2. The third-order valence-corrected chi connectivity index (χ3v) is 4.12. The standard InChI is InChI=1S/C15H23N3O2/c1-3-17(4-2)12-7-8-18(10-12)11-5-6-14(16)13(9-11)15(19)20/h5-6,9,12H,3-4,7-8,10,16H2,1-2H3,(H,19,20). The molecule has 5 heteroatoms. The molecule has 1 unspecified atom stereocenters. The Hall–Kier alpha value is -1.75. The summed E-state index contributed by atoms with van der Waals surface area (Å²) in [6.45, 7) is 8.37. The second-order valence-corrected chi connectivity index (χ2v) is 5.19. The lowest BCUT2D eigenvalue weighted by molar-refractivity contribution is 0.0698. The highest BCUT2D eigenvalue weighted by atomic mass is 16.4. The van der Waals surface area contributed by atoms with Gasteiger partial charge in [0, 0.05) is 30.5 Å². The highest BCUT2D eigenvalue weighted by molar-refractivity contribution is 5.94. The van der Waals surface area contributed by atoms with Crippen molar-refractivity contribution < 1.29 is 9.90 Å². The van der Waals surface area contributed by atoms with Gasteiger partial charge in [0.25, 0.3) is 0 Å². The van der Waals surface area contributed by atoms with Crippen LogP contribution in [0.1, 0.15) is 30.6 Å². The number of carboxylic acids is 1. The molecular weight excluding hydrogens is 254 g/mol. The van der Waals surface area contributed by atoms with Crippen molar-refractivity contribution in [1.29, 1.82) is 0 Å². The maximum atomic E-state index is 11.1.